The van der Waals surface area contributed by atoms with Crippen LogP contribution in [0, 0.1) is 0 Å². The molecule has 0 saturated heterocycles. The van der Waals surface area contributed by atoms with Gasteiger partial charge in [-0.1, -0.05) is 97.9 Å². The smallest absolute Gasteiger partial charge is 0.119 e. The molecule has 0 saturated carbocycles. The van der Waals surface area contributed by atoms with Crippen molar-refractivity contribution in [2.24, 2.45) is 0 Å². The lowest BCUT2D eigenvalue weighted by Crippen LogP contribution is -2.42. The number of methoxy groups -OCH3 is 1. The molecule has 0 aromatic heterocycles. The average molecular weight is 434 g/mol. The van der Waals surface area contributed by atoms with Crippen LogP contribution < -0.4 is 9.64 Å². The van der Waals surface area contributed by atoms with Crippen LogP contribution in [-0.2, 0) is 18.4 Å². The van der Waals surface area contributed by atoms with Gasteiger partial charge in [0.1, 0.15) is 5.75 Å². The molecule has 0 spiro atoms. The van der Waals surface area contributed by atoms with Crippen molar-refractivity contribution in [3.63, 3.8) is 0 Å². The molecule has 2 nitrogen and oxygen atoms in total. The maximum absolute atomic E-state index is 5.51. The van der Waals surface area contributed by atoms with E-state index >= 15 is 0 Å². The Morgan fingerprint density at radius 2 is 1.45 bits per heavy atom. The zero-order valence-electron chi connectivity index (χ0n) is 19.4. The van der Waals surface area contributed by atoms with Gasteiger partial charge < -0.3 is 9.64 Å². The second-order valence-corrected chi connectivity index (χ2v) is 9.35. The highest BCUT2D eigenvalue weighted by molar-refractivity contribution is 5.62. The summed E-state index contributed by atoms with van der Waals surface area (Å²) in [5.74, 6) is 0.922. The minimum atomic E-state index is 0.0106. The van der Waals surface area contributed by atoms with E-state index in [1.165, 1.54) is 27.9 Å². The van der Waals surface area contributed by atoms with Crippen molar-refractivity contribution in [3.8, 4) is 5.75 Å². The number of hydrogen-bond acceptors (Lipinski definition) is 2. The third-order valence-electron chi connectivity index (χ3n) is 6.99. The third kappa shape index (κ3) is 4.39. The van der Waals surface area contributed by atoms with Gasteiger partial charge in [-0.2, -0.15) is 0 Å². The number of ether oxygens (including phenoxy) is 1. The zero-order valence-corrected chi connectivity index (χ0v) is 19.4. The molecule has 33 heavy (non-hydrogen) atoms. The number of benzene rings is 4. The molecule has 1 aliphatic rings. The average Bonchev–Trinajstić information content (AvgIpc) is 2.87. The topological polar surface area (TPSA) is 12.5 Å². The van der Waals surface area contributed by atoms with Crippen molar-refractivity contribution in [2.75, 3.05) is 12.0 Å². The van der Waals surface area contributed by atoms with Gasteiger partial charge in [0.15, 0.2) is 0 Å². The van der Waals surface area contributed by atoms with Gasteiger partial charge in [0.25, 0.3) is 0 Å². The first kappa shape index (κ1) is 21.3. The summed E-state index contributed by atoms with van der Waals surface area (Å²) in [6.07, 6.45) is 2.03. The van der Waals surface area contributed by atoms with E-state index in [1.54, 1.807) is 7.11 Å². The van der Waals surface area contributed by atoms with Gasteiger partial charge in [-0.15, -0.1) is 0 Å². The lowest BCUT2D eigenvalue weighted by molar-refractivity contribution is 0.352. The Morgan fingerprint density at radius 3 is 2.21 bits per heavy atom. The molecule has 0 aliphatic carbocycles. The van der Waals surface area contributed by atoms with Crippen LogP contribution in [0.25, 0.3) is 0 Å². The Bertz CT molecular complexity index is 1200. The molecule has 0 radical (unpaired) electrons. The van der Waals surface area contributed by atoms with Gasteiger partial charge in [-0.05, 0) is 53.3 Å². The summed E-state index contributed by atoms with van der Waals surface area (Å²) in [7, 11) is 1.74. The summed E-state index contributed by atoms with van der Waals surface area (Å²) in [5, 5.41) is 0. The molecule has 1 heterocycles. The van der Waals surface area contributed by atoms with E-state index in [1.807, 2.05) is 6.07 Å². The predicted octanol–water partition coefficient (Wildman–Crippen LogP) is 7.35. The normalized spacial score (nSPS) is 19.7. The van der Waals surface area contributed by atoms with E-state index in [0.717, 1.165) is 25.1 Å². The van der Waals surface area contributed by atoms with E-state index in [9.17, 15) is 0 Å². The highest BCUT2D eigenvalue weighted by Crippen LogP contribution is 2.50. The van der Waals surface area contributed by atoms with Crippen molar-refractivity contribution < 1.29 is 4.74 Å². The van der Waals surface area contributed by atoms with Crippen molar-refractivity contribution in [3.05, 3.63) is 131 Å². The number of fused-ring (bicyclic) bond motifs is 1. The van der Waals surface area contributed by atoms with Gasteiger partial charge in [-0.3, -0.25) is 0 Å². The summed E-state index contributed by atoms with van der Waals surface area (Å²) in [6, 6.07) is 39.6. The SMILES string of the molecule is COc1cccc(C[C@]2(C)C[C@@H](c3ccccc3)N(Cc3ccccc3)c3ccccc32)c1. The van der Waals surface area contributed by atoms with Gasteiger partial charge >= 0.3 is 0 Å². The summed E-state index contributed by atoms with van der Waals surface area (Å²) in [6.45, 7) is 3.33. The Labute approximate surface area is 197 Å². The highest BCUT2D eigenvalue weighted by atomic mass is 16.5. The van der Waals surface area contributed by atoms with E-state index < -0.39 is 0 Å². The fraction of sp³-hybridized carbons (Fsp3) is 0.226. The van der Waals surface area contributed by atoms with Crippen molar-refractivity contribution in [2.45, 2.75) is 37.8 Å². The first-order valence-corrected chi connectivity index (χ1v) is 11.7. The third-order valence-corrected chi connectivity index (χ3v) is 6.99. The van der Waals surface area contributed by atoms with Crippen LogP contribution in [0.4, 0.5) is 5.69 Å². The minimum absolute atomic E-state index is 0.0106. The fourth-order valence-electron chi connectivity index (χ4n) is 5.40. The molecule has 1 aliphatic heterocycles. The molecule has 0 unspecified atom stereocenters. The molecule has 0 N–H and O–H groups in total. The van der Waals surface area contributed by atoms with Crippen LogP contribution in [0.3, 0.4) is 0 Å². The van der Waals surface area contributed by atoms with Gasteiger partial charge in [0, 0.05) is 17.6 Å². The highest BCUT2D eigenvalue weighted by Gasteiger charge is 2.41. The number of para-hydroxylation sites is 1. The molecule has 4 aromatic rings. The van der Waals surface area contributed by atoms with Gasteiger partial charge in [0.2, 0.25) is 0 Å². The molecule has 0 bridgehead atoms. The molecular weight excluding hydrogens is 402 g/mol. The maximum atomic E-state index is 5.51. The lowest BCUT2D eigenvalue weighted by Gasteiger charge is -2.48. The van der Waals surface area contributed by atoms with Gasteiger partial charge in [0.05, 0.1) is 13.2 Å². The van der Waals surface area contributed by atoms with E-state index in [-0.39, 0.29) is 5.41 Å². The molecule has 0 amide bonds. The van der Waals surface area contributed by atoms with E-state index in [4.69, 9.17) is 4.74 Å². The summed E-state index contributed by atoms with van der Waals surface area (Å²) in [4.78, 5) is 2.60. The summed E-state index contributed by atoms with van der Waals surface area (Å²) >= 11 is 0. The minimum Gasteiger partial charge on any atom is -0.497 e. The molecule has 0 fully saturated rings. The van der Waals surface area contributed by atoms with Crippen molar-refractivity contribution >= 4 is 5.69 Å². The van der Waals surface area contributed by atoms with Crippen LogP contribution in [0.5, 0.6) is 5.75 Å². The van der Waals surface area contributed by atoms with Crippen molar-refractivity contribution in [1.29, 1.82) is 0 Å². The Balaban J connectivity index is 1.60. The number of hydrogen-bond donors (Lipinski definition) is 0. The standard InChI is InChI=1S/C31H31NO/c1-31(21-25-14-11-17-27(20-25)33-2)22-30(26-15-7-4-8-16-26)32(23-24-12-5-3-6-13-24)29-19-10-9-18-28(29)31/h3-20,30H,21-23H2,1-2H3/t30-,31+/m0/s1. The summed E-state index contributed by atoms with van der Waals surface area (Å²) < 4.78 is 5.51. The van der Waals surface area contributed by atoms with E-state index in [2.05, 4.69) is 115 Å². The molecule has 2 heteroatoms. The first-order valence-electron chi connectivity index (χ1n) is 11.7. The molecule has 2 atom stereocenters. The quantitative estimate of drug-likeness (QED) is 0.315. The fourth-order valence-corrected chi connectivity index (χ4v) is 5.40. The second-order valence-electron chi connectivity index (χ2n) is 9.35. The first-order chi connectivity index (χ1) is 16.2. The van der Waals surface area contributed by atoms with Crippen LogP contribution in [-0.4, -0.2) is 7.11 Å². The molecule has 4 aromatic carbocycles. The summed E-state index contributed by atoms with van der Waals surface area (Å²) in [5.41, 5.74) is 6.80. The number of nitrogens with zero attached hydrogens (tertiary/aromatic N) is 1. The number of rotatable bonds is 6. The zero-order chi connectivity index (χ0) is 22.7. The Hall–Kier alpha value is -3.52. The monoisotopic (exact) mass is 433 g/mol. The predicted molar refractivity (Wildman–Crippen MR) is 137 cm³/mol. The van der Waals surface area contributed by atoms with E-state index in [0.29, 0.717) is 6.04 Å². The van der Waals surface area contributed by atoms with Crippen LogP contribution in [0.15, 0.2) is 109 Å². The van der Waals surface area contributed by atoms with Crippen LogP contribution in [0.1, 0.15) is 41.6 Å². The Morgan fingerprint density at radius 1 is 0.788 bits per heavy atom. The lowest BCUT2D eigenvalue weighted by atomic mass is 9.68. The van der Waals surface area contributed by atoms with Crippen LogP contribution in [0.2, 0.25) is 0 Å². The molecule has 166 valence electrons. The molecular formula is C31H31NO. The van der Waals surface area contributed by atoms with Crippen LogP contribution >= 0.6 is 0 Å². The second kappa shape index (κ2) is 9.15. The maximum Gasteiger partial charge on any atom is 0.119 e. The largest absolute Gasteiger partial charge is 0.497 e. The molecule has 5 rings (SSSR count). The van der Waals surface area contributed by atoms with Gasteiger partial charge in [-0.25, -0.2) is 0 Å². The number of anilines is 1. The van der Waals surface area contributed by atoms with Crippen molar-refractivity contribution in [1.82, 2.24) is 0 Å². The Kier molecular flexibility index (Phi) is 5.92.